The van der Waals surface area contributed by atoms with Gasteiger partial charge in [-0.05, 0) is 35.4 Å². The van der Waals surface area contributed by atoms with E-state index in [2.05, 4.69) is 0 Å². The molecule has 1 aliphatic heterocycles. The normalized spacial score (nSPS) is 14.3. The van der Waals surface area contributed by atoms with Gasteiger partial charge >= 0.3 is 5.63 Å². The molecule has 0 fully saturated rings. The molecule has 34 heavy (non-hydrogen) atoms. The van der Waals surface area contributed by atoms with Gasteiger partial charge in [0.1, 0.15) is 13.2 Å². The molecule has 0 spiro atoms. The Bertz CT molecular complexity index is 1560. The molecule has 4 aromatic carbocycles. The minimum Gasteiger partial charge on any atom is -0.485 e. The van der Waals surface area contributed by atoms with E-state index in [0.717, 1.165) is 11.1 Å². The average molecular weight is 452 g/mol. The van der Waals surface area contributed by atoms with Gasteiger partial charge in [0.15, 0.2) is 22.8 Å². The van der Waals surface area contributed by atoms with Gasteiger partial charge in [0.2, 0.25) is 6.29 Å². The van der Waals surface area contributed by atoms with Crippen LogP contribution in [0, 0.1) is 0 Å². The molecule has 168 valence electrons. The summed E-state index contributed by atoms with van der Waals surface area (Å²) in [6.45, 7) is 0.625. The van der Waals surface area contributed by atoms with Gasteiger partial charge in [0.25, 0.3) is 0 Å². The van der Waals surface area contributed by atoms with Gasteiger partial charge in [-0.25, -0.2) is 4.79 Å². The molecule has 0 saturated heterocycles. The largest absolute Gasteiger partial charge is 0.485 e. The van der Waals surface area contributed by atoms with Crippen LogP contribution < -0.4 is 19.8 Å². The molecule has 0 aliphatic carbocycles. The van der Waals surface area contributed by atoms with Crippen molar-refractivity contribution in [1.29, 1.82) is 0 Å². The Hall–Kier alpha value is -4.29. The summed E-state index contributed by atoms with van der Waals surface area (Å²) in [5.41, 5.74) is 2.23. The van der Waals surface area contributed by atoms with Crippen LogP contribution in [0.5, 0.6) is 17.2 Å². The summed E-state index contributed by atoms with van der Waals surface area (Å²) in [6.07, 6.45) is -1.24. The topological polar surface area (TPSA) is 78.1 Å². The van der Waals surface area contributed by atoms with Gasteiger partial charge in [-0.3, -0.25) is 0 Å². The van der Waals surface area contributed by atoms with Crippen LogP contribution >= 0.6 is 0 Å². The summed E-state index contributed by atoms with van der Waals surface area (Å²) in [5, 5.41) is 12.2. The van der Waals surface area contributed by atoms with Crippen molar-refractivity contribution in [2.75, 3.05) is 0 Å². The number of aliphatic hydroxyl groups is 1. The van der Waals surface area contributed by atoms with Gasteiger partial charge in [0.05, 0.1) is 5.39 Å². The van der Waals surface area contributed by atoms with Crippen LogP contribution in [0.3, 0.4) is 0 Å². The van der Waals surface area contributed by atoms with Crippen LogP contribution in [0.15, 0.2) is 94.1 Å². The molecular weight excluding hydrogens is 432 g/mol. The predicted molar refractivity (Wildman–Crippen MR) is 127 cm³/mol. The lowest BCUT2D eigenvalue weighted by molar-refractivity contribution is -0.0208. The first-order valence-electron chi connectivity index (χ1n) is 10.9. The van der Waals surface area contributed by atoms with Crippen molar-refractivity contribution in [3.8, 4) is 17.2 Å². The summed E-state index contributed by atoms with van der Waals surface area (Å²) >= 11 is 0. The summed E-state index contributed by atoms with van der Waals surface area (Å²) in [7, 11) is 0. The van der Waals surface area contributed by atoms with E-state index in [1.54, 1.807) is 24.3 Å². The third-order valence-corrected chi connectivity index (χ3v) is 5.91. The number of rotatable bonds is 6. The summed E-state index contributed by atoms with van der Waals surface area (Å²) in [6, 6.07) is 26.2. The van der Waals surface area contributed by atoms with E-state index in [0.29, 0.717) is 52.2 Å². The van der Waals surface area contributed by atoms with Crippen molar-refractivity contribution in [3.63, 3.8) is 0 Å². The lowest BCUT2D eigenvalue weighted by Gasteiger charge is -2.25. The molecule has 1 aliphatic rings. The van der Waals surface area contributed by atoms with Crippen LogP contribution in [0.25, 0.3) is 21.7 Å². The highest BCUT2D eigenvalue weighted by Gasteiger charge is 2.30. The molecule has 1 N–H and O–H groups in total. The zero-order valence-electron chi connectivity index (χ0n) is 18.1. The third-order valence-electron chi connectivity index (χ3n) is 5.91. The first kappa shape index (κ1) is 20.3. The zero-order valence-corrected chi connectivity index (χ0v) is 18.1. The van der Waals surface area contributed by atoms with Crippen LogP contribution in [0.4, 0.5) is 0 Å². The molecule has 0 bridgehead atoms. The van der Waals surface area contributed by atoms with E-state index < -0.39 is 11.9 Å². The third kappa shape index (κ3) is 3.45. The van der Waals surface area contributed by atoms with Crippen LogP contribution in [-0.2, 0) is 13.2 Å². The van der Waals surface area contributed by atoms with Gasteiger partial charge in [-0.15, -0.1) is 0 Å². The Labute approximate surface area is 194 Å². The van der Waals surface area contributed by atoms with Gasteiger partial charge in [-0.1, -0.05) is 60.7 Å². The average Bonchev–Trinajstić information content (AvgIpc) is 2.87. The Kier molecular flexibility index (Phi) is 4.93. The number of hydrogen-bond donors (Lipinski definition) is 1. The Morgan fingerprint density at radius 3 is 2.03 bits per heavy atom. The second-order valence-corrected chi connectivity index (χ2v) is 8.08. The summed E-state index contributed by atoms with van der Waals surface area (Å²) in [5.74, 6) is 1.16. The summed E-state index contributed by atoms with van der Waals surface area (Å²) < 4.78 is 23.6. The predicted octanol–water partition coefficient (Wildman–Crippen LogP) is 5.49. The molecule has 1 aromatic heterocycles. The maximum Gasteiger partial charge on any atom is 0.344 e. The maximum atomic E-state index is 12.9. The SMILES string of the molecule is O=c1oc2c(OCc3ccccc3)ccc3c2c2c(c(OCc4ccccc4)ccc12)OC3O. The fourth-order valence-corrected chi connectivity index (χ4v) is 4.26. The standard InChI is InChI=1S/C28H20O6/c29-27-20-12-14-22(32-16-18-9-5-2-6-10-18)26-24(20)23-19(28(30)34-26)11-13-21(25(23)33-27)31-15-17-7-3-1-4-8-17/h1-14,27,29H,15-16H2. The second-order valence-electron chi connectivity index (χ2n) is 8.08. The first-order chi connectivity index (χ1) is 16.7. The van der Waals surface area contributed by atoms with E-state index in [1.807, 2.05) is 60.7 Å². The molecule has 5 aromatic rings. The zero-order chi connectivity index (χ0) is 23.1. The Morgan fingerprint density at radius 1 is 0.735 bits per heavy atom. The second kappa shape index (κ2) is 8.24. The van der Waals surface area contributed by atoms with E-state index in [1.165, 1.54) is 0 Å². The molecule has 0 radical (unpaired) electrons. The number of aliphatic hydroxyl groups excluding tert-OH is 1. The van der Waals surface area contributed by atoms with Gasteiger partial charge in [0, 0.05) is 16.3 Å². The minimum atomic E-state index is -1.24. The fraction of sp³-hybridized carbons (Fsp3) is 0.107. The highest BCUT2D eigenvalue weighted by Crippen LogP contribution is 2.48. The molecule has 2 heterocycles. The molecule has 1 unspecified atom stereocenters. The van der Waals surface area contributed by atoms with Crippen molar-refractivity contribution >= 4 is 21.7 Å². The van der Waals surface area contributed by atoms with Crippen LogP contribution in [-0.4, -0.2) is 5.11 Å². The molecule has 6 heteroatoms. The summed E-state index contributed by atoms with van der Waals surface area (Å²) in [4.78, 5) is 12.9. The van der Waals surface area contributed by atoms with Crippen molar-refractivity contribution < 1.29 is 23.7 Å². The lowest BCUT2D eigenvalue weighted by Crippen LogP contribution is -2.15. The lowest BCUT2D eigenvalue weighted by atomic mass is 9.98. The fourth-order valence-electron chi connectivity index (χ4n) is 4.26. The van der Waals surface area contributed by atoms with E-state index in [4.69, 9.17) is 18.6 Å². The maximum absolute atomic E-state index is 12.9. The molecular formula is C28H20O6. The van der Waals surface area contributed by atoms with Gasteiger partial charge < -0.3 is 23.7 Å². The number of benzene rings is 4. The highest BCUT2D eigenvalue weighted by molar-refractivity contribution is 6.12. The van der Waals surface area contributed by atoms with E-state index in [9.17, 15) is 9.90 Å². The monoisotopic (exact) mass is 452 g/mol. The molecule has 0 amide bonds. The molecule has 1 atom stereocenters. The van der Waals surface area contributed by atoms with Crippen molar-refractivity contribution in [1.82, 2.24) is 0 Å². The molecule has 6 rings (SSSR count). The van der Waals surface area contributed by atoms with E-state index >= 15 is 0 Å². The smallest absolute Gasteiger partial charge is 0.344 e. The van der Waals surface area contributed by atoms with E-state index in [-0.39, 0.29) is 5.58 Å². The Balaban J connectivity index is 1.48. The highest BCUT2D eigenvalue weighted by atomic mass is 16.6. The van der Waals surface area contributed by atoms with Crippen molar-refractivity contribution in [2.24, 2.45) is 0 Å². The number of ether oxygens (including phenoxy) is 3. The Morgan fingerprint density at radius 2 is 1.35 bits per heavy atom. The van der Waals surface area contributed by atoms with Crippen LogP contribution in [0.2, 0.25) is 0 Å². The van der Waals surface area contributed by atoms with Crippen molar-refractivity contribution in [2.45, 2.75) is 19.5 Å². The molecule has 0 saturated carbocycles. The minimum absolute atomic E-state index is 0.273. The van der Waals surface area contributed by atoms with Crippen LogP contribution in [0.1, 0.15) is 23.0 Å². The number of hydrogen-bond acceptors (Lipinski definition) is 6. The first-order valence-corrected chi connectivity index (χ1v) is 10.9. The quantitative estimate of drug-likeness (QED) is 0.271. The van der Waals surface area contributed by atoms with Gasteiger partial charge in [-0.2, -0.15) is 0 Å². The molecule has 6 nitrogen and oxygen atoms in total. The van der Waals surface area contributed by atoms with Crippen molar-refractivity contribution in [3.05, 3.63) is 112 Å².